The molecule has 9 heteroatoms. The van der Waals surface area contributed by atoms with Crippen molar-refractivity contribution in [2.45, 2.75) is 56.5 Å². The molecule has 1 N–H and O–H groups in total. The number of carbonyl (C=O) groups is 1. The molecule has 29 heavy (non-hydrogen) atoms. The van der Waals surface area contributed by atoms with E-state index >= 15 is 0 Å². The number of thioether (sulfide) groups is 1. The second-order valence-corrected chi connectivity index (χ2v) is 7.85. The van der Waals surface area contributed by atoms with E-state index in [-0.39, 0.29) is 23.5 Å². The number of ether oxygens (including phenoxy) is 1. The Labute approximate surface area is 172 Å². The fraction of sp³-hybridized carbons (Fsp3) is 0.450. The number of hydrogen-bond donors (Lipinski definition) is 1. The van der Waals surface area contributed by atoms with Gasteiger partial charge in [-0.05, 0) is 31.9 Å². The van der Waals surface area contributed by atoms with Crippen molar-refractivity contribution in [1.29, 1.82) is 0 Å². The van der Waals surface area contributed by atoms with Gasteiger partial charge in [0.05, 0.1) is 5.75 Å². The zero-order chi connectivity index (χ0) is 20.8. The minimum absolute atomic E-state index is 0.0331. The molecule has 6 nitrogen and oxygen atoms in total. The van der Waals surface area contributed by atoms with E-state index in [1.165, 1.54) is 17.8 Å². The maximum Gasteiger partial charge on any atom is 0.230 e. The summed E-state index contributed by atoms with van der Waals surface area (Å²) in [5, 5.41) is 11.9. The highest BCUT2D eigenvalue weighted by atomic mass is 32.2. The number of amides is 1. The van der Waals surface area contributed by atoms with Gasteiger partial charge in [-0.1, -0.05) is 30.7 Å². The van der Waals surface area contributed by atoms with E-state index in [0.29, 0.717) is 17.5 Å². The van der Waals surface area contributed by atoms with Crippen molar-refractivity contribution < 1.29 is 18.3 Å². The molecule has 0 spiro atoms. The number of aromatic nitrogens is 3. The second-order valence-electron chi connectivity index (χ2n) is 6.91. The van der Waals surface area contributed by atoms with E-state index in [1.807, 2.05) is 0 Å². The smallest absolute Gasteiger partial charge is 0.230 e. The predicted octanol–water partition coefficient (Wildman–Crippen LogP) is 4.03. The van der Waals surface area contributed by atoms with Crippen molar-refractivity contribution in [1.82, 2.24) is 20.1 Å². The van der Waals surface area contributed by atoms with Crippen molar-refractivity contribution in [3.05, 3.63) is 48.3 Å². The highest BCUT2D eigenvalue weighted by Crippen LogP contribution is 2.27. The van der Waals surface area contributed by atoms with Crippen LogP contribution in [0.15, 0.2) is 36.0 Å². The van der Waals surface area contributed by atoms with Crippen LogP contribution in [-0.2, 0) is 11.3 Å². The third-order valence-electron chi connectivity index (χ3n) is 4.67. The lowest BCUT2D eigenvalue weighted by Crippen LogP contribution is -2.33. The molecular weight excluding hydrogens is 398 g/mol. The van der Waals surface area contributed by atoms with Gasteiger partial charge in [0.25, 0.3) is 0 Å². The van der Waals surface area contributed by atoms with Gasteiger partial charge in [0, 0.05) is 18.7 Å². The molecule has 1 atom stereocenters. The minimum Gasteiger partial charge on any atom is -0.480 e. The van der Waals surface area contributed by atoms with Gasteiger partial charge in [0.2, 0.25) is 5.91 Å². The average molecular weight is 423 g/mol. The molecule has 1 amide bonds. The maximum absolute atomic E-state index is 13.9. The van der Waals surface area contributed by atoms with Crippen LogP contribution < -0.4 is 10.1 Å². The number of benzene rings is 1. The van der Waals surface area contributed by atoms with E-state index in [9.17, 15) is 13.6 Å². The summed E-state index contributed by atoms with van der Waals surface area (Å²) < 4.78 is 34.4. The molecule has 0 bridgehead atoms. The maximum atomic E-state index is 13.9. The summed E-state index contributed by atoms with van der Waals surface area (Å²) in [4.78, 5) is 12.2. The molecule has 1 fully saturated rings. The van der Waals surface area contributed by atoms with Gasteiger partial charge in [0.15, 0.2) is 28.7 Å². The van der Waals surface area contributed by atoms with Crippen LogP contribution in [0, 0.1) is 11.6 Å². The Bertz CT molecular complexity index is 868. The number of carbonyl (C=O) groups excluding carboxylic acids is 1. The zero-order valence-corrected chi connectivity index (χ0v) is 17.1. The van der Waals surface area contributed by atoms with Gasteiger partial charge < -0.3 is 10.1 Å². The van der Waals surface area contributed by atoms with Gasteiger partial charge in [-0.3, -0.25) is 9.36 Å². The Morgan fingerprint density at radius 3 is 2.86 bits per heavy atom. The third-order valence-corrected chi connectivity index (χ3v) is 5.64. The van der Waals surface area contributed by atoms with Crippen LogP contribution >= 0.6 is 11.8 Å². The normalized spacial score (nSPS) is 15.3. The largest absolute Gasteiger partial charge is 0.480 e. The lowest BCUT2D eigenvalue weighted by Gasteiger charge is -2.16. The zero-order valence-electron chi connectivity index (χ0n) is 16.2. The van der Waals surface area contributed by atoms with E-state index in [0.717, 1.165) is 37.8 Å². The van der Waals surface area contributed by atoms with Gasteiger partial charge in [-0.15, -0.1) is 16.8 Å². The van der Waals surface area contributed by atoms with Gasteiger partial charge in [0.1, 0.15) is 5.82 Å². The molecule has 156 valence electrons. The number of hydrogen-bond acceptors (Lipinski definition) is 5. The first kappa shape index (κ1) is 21.3. The minimum atomic E-state index is -0.787. The first-order valence-electron chi connectivity index (χ1n) is 9.55. The number of nitrogens with zero attached hydrogens (tertiary/aromatic N) is 3. The monoisotopic (exact) mass is 422 g/mol. The second kappa shape index (κ2) is 9.87. The average Bonchev–Trinajstić information content (AvgIpc) is 3.32. The standard InChI is InChI=1S/C20H24F2N4O2S/c1-3-10-26-19(13(2)28-17-9-8-14(21)11-16(17)22)24-25-20(26)29-12-18(27)23-15-6-4-5-7-15/h3,8-9,11,13,15H,1,4-7,10,12H2,2H3,(H,23,27). The number of nitrogens with one attached hydrogen (secondary N) is 1. The van der Waals surface area contributed by atoms with Crippen molar-refractivity contribution in [3.8, 4) is 5.75 Å². The Balaban J connectivity index is 1.66. The molecule has 1 aliphatic rings. The molecule has 1 aromatic heterocycles. The highest BCUT2D eigenvalue weighted by molar-refractivity contribution is 7.99. The predicted molar refractivity (Wildman–Crippen MR) is 107 cm³/mol. The fourth-order valence-electron chi connectivity index (χ4n) is 3.29. The molecule has 0 aliphatic heterocycles. The van der Waals surface area contributed by atoms with E-state index in [4.69, 9.17) is 4.74 Å². The van der Waals surface area contributed by atoms with Crippen LogP contribution in [0.4, 0.5) is 8.78 Å². The number of rotatable bonds is 9. The summed E-state index contributed by atoms with van der Waals surface area (Å²) in [6.07, 6.45) is 5.41. The van der Waals surface area contributed by atoms with E-state index in [1.54, 1.807) is 17.6 Å². The van der Waals surface area contributed by atoms with Crippen molar-refractivity contribution in [2.75, 3.05) is 5.75 Å². The van der Waals surface area contributed by atoms with Crippen LogP contribution in [0.1, 0.15) is 44.5 Å². The van der Waals surface area contributed by atoms with Crippen molar-refractivity contribution in [2.24, 2.45) is 0 Å². The van der Waals surface area contributed by atoms with E-state index in [2.05, 4.69) is 22.1 Å². The molecule has 1 heterocycles. The summed E-state index contributed by atoms with van der Waals surface area (Å²) >= 11 is 1.28. The van der Waals surface area contributed by atoms with Gasteiger partial charge >= 0.3 is 0 Å². The SMILES string of the molecule is C=CCn1c(SCC(=O)NC2CCCC2)nnc1C(C)Oc1ccc(F)cc1F. The van der Waals surface area contributed by atoms with Crippen molar-refractivity contribution in [3.63, 3.8) is 0 Å². The highest BCUT2D eigenvalue weighted by Gasteiger charge is 2.22. The first-order chi connectivity index (χ1) is 14.0. The van der Waals surface area contributed by atoms with Gasteiger partial charge in [-0.2, -0.15) is 0 Å². The molecule has 1 aliphatic carbocycles. The number of allylic oxidation sites excluding steroid dienone is 1. The quantitative estimate of drug-likeness (QED) is 0.488. The topological polar surface area (TPSA) is 69.0 Å². The molecule has 3 rings (SSSR count). The van der Waals surface area contributed by atoms with Crippen LogP contribution in [0.5, 0.6) is 5.75 Å². The van der Waals surface area contributed by atoms with Gasteiger partial charge in [-0.25, -0.2) is 8.78 Å². The molecular formula is C20H24F2N4O2S. The summed E-state index contributed by atoms with van der Waals surface area (Å²) in [7, 11) is 0. The van der Waals surface area contributed by atoms with Crippen molar-refractivity contribution >= 4 is 17.7 Å². The Kier molecular flexibility index (Phi) is 7.24. The summed E-state index contributed by atoms with van der Waals surface area (Å²) in [5.41, 5.74) is 0. The fourth-order valence-corrected chi connectivity index (χ4v) is 4.06. The Hall–Kier alpha value is -2.42. The Morgan fingerprint density at radius 2 is 2.17 bits per heavy atom. The molecule has 0 radical (unpaired) electrons. The Morgan fingerprint density at radius 1 is 1.41 bits per heavy atom. The first-order valence-corrected chi connectivity index (χ1v) is 10.5. The molecule has 2 aromatic rings. The van der Waals surface area contributed by atoms with Crippen LogP contribution in [0.25, 0.3) is 0 Å². The van der Waals surface area contributed by atoms with E-state index < -0.39 is 17.7 Å². The van der Waals surface area contributed by atoms with Crippen LogP contribution in [0.2, 0.25) is 0 Å². The molecule has 0 saturated heterocycles. The summed E-state index contributed by atoms with van der Waals surface area (Å²) in [6, 6.07) is 3.40. The molecule has 1 saturated carbocycles. The van der Waals surface area contributed by atoms with Crippen LogP contribution in [-0.4, -0.2) is 32.5 Å². The summed E-state index contributed by atoms with van der Waals surface area (Å²) in [6.45, 7) is 5.85. The number of halogens is 2. The van der Waals surface area contributed by atoms with Crippen LogP contribution in [0.3, 0.4) is 0 Å². The molecule has 1 unspecified atom stereocenters. The molecule has 1 aromatic carbocycles. The third kappa shape index (κ3) is 5.56. The summed E-state index contributed by atoms with van der Waals surface area (Å²) in [5.74, 6) is -0.872. The lowest BCUT2D eigenvalue weighted by atomic mass is 10.2. The lowest BCUT2D eigenvalue weighted by molar-refractivity contribution is -0.119.